The summed E-state index contributed by atoms with van der Waals surface area (Å²) in [7, 11) is 0. The zero-order valence-electron chi connectivity index (χ0n) is 8.45. The molecule has 0 aliphatic carbocycles. The van der Waals surface area contributed by atoms with Gasteiger partial charge in [-0.3, -0.25) is 4.79 Å². The van der Waals surface area contributed by atoms with E-state index in [9.17, 15) is 4.79 Å². The predicted molar refractivity (Wildman–Crippen MR) is 77.2 cm³/mol. The first-order chi connectivity index (χ1) is 8.24. The van der Waals surface area contributed by atoms with Crippen LogP contribution in [0.4, 0.5) is 0 Å². The van der Waals surface area contributed by atoms with Gasteiger partial charge >= 0.3 is 0 Å². The molecule has 1 aliphatic rings. The van der Waals surface area contributed by atoms with Crippen LogP contribution in [0.25, 0.3) is 9.40 Å². The molecule has 2 aromatic rings. The third kappa shape index (κ3) is 2.15. The molecule has 0 bridgehead atoms. The Morgan fingerprint density at radius 1 is 1.24 bits per heavy atom. The second kappa shape index (κ2) is 4.49. The molecule has 1 amide bonds. The smallest absolute Gasteiger partial charge is 0.259 e. The van der Waals surface area contributed by atoms with Crippen molar-refractivity contribution in [2.24, 2.45) is 5.10 Å². The number of carbonyl (C=O) groups is 1. The number of carbonyl (C=O) groups excluding carboxylic acids is 1. The van der Waals surface area contributed by atoms with Crippen LogP contribution in [0.2, 0.25) is 0 Å². The minimum Gasteiger partial charge on any atom is -0.272 e. The van der Waals surface area contributed by atoms with Crippen LogP contribution in [0, 0.1) is 0 Å². The van der Waals surface area contributed by atoms with Crippen molar-refractivity contribution in [3.63, 3.8) is 0 Å². The maximum atomic E-state index is 11.5. The molecule has 2 heterocycles. The zero-order valence-corrected chi connectivity index (χ0v) is 11.7. The number of hydrogen-bond donors (Lipinski definition) is 0. The quantitative estimate of drug-likeness (QED) is 0.759. The topological polar surface area (TPSA) is 32.7 Å². The molecule has 1 aliphatic heterocycles. The summed E-state index contributed by atoms with van der Waals surface area (Å²) < 4.78 is 3.76. The van der Waals surface area contributed by atoms with Gasteiger partial charge in [-0.15, -0.1) is 27.8 Å². The lowest BCUT2D eigenvalue weighted by molar-refractivity contribution is -0.124. The number of nitrogens with zero attached hydrogens (tertiary/aromatic N) is 2. The summed E-state index contributed by atoms with van der Waals surface area (Å²) in [6, 6.07) is 8.09. The molecule has 0 spiro atoms. The van der Waals surface area contributed by atoms with Gasteiger partial charge < -0.3 is 0 Å². The summed E-state index contributed by atoms with van der Waals surface area (Å²) in [6.07, 6.45) is 0. The van der Waals surface area contributed by atoms with Crippen LogP contribution in [0.5, 0.6) is 0 Å². The molecule has 86 valence electrons. The average molecular weight is 298 g/mol. The lowest BCUT2D eigenvalue weighted by Crippen LogP contribution is -2.24. The summed E-state index contributed by atoms with van der Waals surface area (Å²) in [5.41, 5.74) is 0. The number of rotatable bonds is 1. The molecule has 0 radical (unpaired) electrons. The third-order valence-corrected chi connectivity index (χ3v) is 5.78. The molecule has 1 saturated heterocycles. The average Bonchev–Trinajstić information content (AvgIpc) is 2.87. The van der Waals surface area contributed by atoms with E-state index in [-0.39, 0.29) is 5.91 Å². The normalized spacial score (nSPS) is 15.9. The molecule has 7 heteroatoms. The van der Waals surface area contributed by atoms with Crippen LogP contribution in [-0.4, -0.2) is 21.0 Å². The van der Waals surface area contributed by atoms with E-state index in [0.717, 1.165) is 3.98 Å². The molecule has 3 rings (SSSR count). The minimum absolute atomic E-state index is 0.0374. The first-order valence-corrected chi connectivity index (χ1v) is 7.80. The summed E-state index contributed by atoms with van der Waals surface area (Å²) in [4.78, 5) is 11.5. The molecular weight excluding hydrogens is 292 g/mol. The second-order valence-corrected chi connectivity index (χ2v) is 7.21. The van der Waals surface area contributed by atoms with Gasteiger partial charge in [0, 0.05) is 9.40 Å². The van der Waals surface area contributed by atoms with Crippen LogP contribution < -0.4 is 3.98 Å². The Labute approximate surface area is 115 Å². The second-order valence-electron chi connectivity index (χ2n) is 3.28. The monoisotopic (exact) mass is 298 g/mol. The van der Waals surface area contributed by atoms with Crippen molar-refractivity contribution in [2.75, 3.05) is 5.75 Å². The fraction of sp³-hybridized carbons (Fsp3) is 0.100. The number of thiocarbonyl (C=S) groups is 1. The third-order valence-electron chi connectivity index (χ3n) is 2.15. The first-order valence-electron chi connectivity index (χ1n) is 4.77. The molecule has 1 aromatic heterocycles. The minimum atomic E-state index is -0.0374. The summed E-state index contributed by atoms with van der Waals surface area (Å²) in [6.45, 7) is 0. The number of benzene rings is 1. The van der Waals surface area contributed by atoms with E-state index in [4.69, 9.17) is 12.2 Å². The van der Waals surface area contributed by atoms with Gasteiger partial charge in [0.15, 0.2) is 8.31 Å². The Kier molecular flexibility index (Phi) is 2.99. The molecule has 0 saturated carbocycles. The van der Waals surface area contributed by atoms with Crippen molar-refractivity contribution in [1.29, 1.82) is 0 Å². The first kappa shape index (κ1) is 11.3. The zero-order chi connectivity index (χ0) is 11.8. The van der Waals surface area contributed by atoms with Gasteiger partial charge in [-0.05, 0) is 12.1 Å². The van der Waals surface area contributed by atoms with Crippen LogP contribution in [0.3, 0.4) is 0 Å². The number of hydrogen-bond acceptors (Lipinski definition) is 6. The lowest BCUT2D eigenvalue weighted by atomic mass is 10.4. The van der Waals surface area contributed by atoms with Crippen molar-refractivity contribution >= 4 is 66.3 Å². The Balaban J connectivity index is 2.08. The standard InChI is InChI=1S/C10H6N2OS4/c13-8-5-15-10(14)12(8)11-9-16-6-3-1-2-4-7(6)17-9/h1-4H,5H2. The summed E-state index contributed by atoms with van der Waals surface area (Å²) in [5, 5.41) is 5.65. The molecular formula is C10H6N2OS4. The number of fused-ring (bicyclic) bond motifs is 1. The van der Waals surface area contributed by atoms with Crippen LogP contribution >= 0.6 is 46.7 Å². The number of amides is 1. The highest BCUT2D eigenvalue weighted by Crippen LogP contribution is 2.22. The molecule has 17 heavy (non-hydrogen) atoms. The van der Waals surface area contributed by atoms with Crippen LogP contribution in [0.15, 0.2) is 29.4 Å². The van der Waals surface area contributed by atoms with Gasteiger partial charge in [-0.2, -0.15) is 5.01 Å². The van der Waals surface area contributed by atoms with E-state index in [1.165, 1.54) is 26.2 Å². The SMILES string of the molecule is O=C1CSC(=S)N1N=c1sc2ccccc2s1. The number of thioether (sulfide) groups is 1. The highest BCUT2D eigenvalue weighted by atomic mass is 32.2. The maximum absolute atomic E-state index is 11.5. The van der Waals surface area contributed by atoms with E-state index < -0.39 is 0 Å². The molecule has 3 nitrogen and oxygen atoms in total. The molecule has 0 N–H and O–H groups in total. The Hall–Kier alpha value is -0.760. The van der Waals surface area contributed by atoms with Crippen molar-refractivity contribution < 1.29 is 4.79 Å². The van der Waals surface area contributed by atoms with Crippen LogP contribution in [-0.2, 0) is 4.79 Å². The van der Waals surface area contributed by atoms with Crippen molar-refractivity contribution in [1.82, 2.24) is 5.01 Å². The van der Waals surface area contributed by atoms with Crippen molar-refractivity contribution in [3.8, 4) is 0 Å². The molecule has 1 aromatic carbocycles. The highest BCUT2D eigenvalue weighted by molar-refractivity contribution is 8.23. The van der Waals surface area contributed by atoms with Crippen LogP contribution in [0.1, 0.15) is 0 Å². The Bertz CT molecular complexity index is 620. The fourth-order valence-corrected chi connectivity index (χ4v) is 4.56. The van der Waals surface area contributed by atoms with E-state index in [1.807, 2.05) is 24.3 Å². The fourth-order valence-electron chi connectivity index (χ4n) is 1.39. The largest absolute Gasteiger partial charge is 0.272 e. The van der Waals surface area contributed by atoms with Crippen molar-refractivity contribution in [2.45, 2.75) is 0 Å². The van der Waals surface area contributed by atoms with E-state index in [1.54, 1.807) is 22.7 Å². The summed E-state index contributed by atoms with van der Waals surface area (Å²) in [5.74, 6) is 0.363. The van der Waals surface area contributed by atoms with Gasteiger partial charge in [0.05, 0.1) is 5.75 Å². The highest BCUT2D eigenvalue weighted by Gasteiger charge is 2.26. The Morgan fingerprint density at radius 3 is 2.41 bits per heavy atom. The van der Waals surface area contributed by atoms with Crippen molar-refractivity contribution in [3.05, 3.63) is 28.3 Å². The maximum Gasteiger partial charge on any atom is 0.259 e. The van der Waals surface area contributed by atoms with Gasteiger partial charge in [-0.25, -0.2) is 0 Å². The van der Waals surface area contributed by atoms with Gasteiger partial charge in [0.1, 0.15) is 0 Å². The molecule has 0 unspecified atom stereocenters. The van der Waals surface area contributed by atoms with E-state index in [0.29, 0.717) is 10.1 Å². The summed E-state index contributed by atoms with van der Waals surface area (Å²) >= 11 is 9.60. The molecule has 0 atom stereocenters. The van der Waals surface area contributed by atoms with Gasteiger partial charge in [-0.1, -0.05) is 36.1 Å². The predicted octanol–water partition coefficient (Wildman–Crippen LogP) is 2.64. The van der Waals surface area contributed by atoms with E-state index >= 15 is 0 Å². The van der Waals surface area contributed by atoms with Gasteiger partial charge in [0.2, 0.25) is 0 Å². The molecule has 1 fully saturated rings. The Morgan fingerprint density at radius 2 is 1.88 bits per heavy atom. The van der Waals surface area contributed by atoms with Gasteiger partial charge in [0.25, 0.3) is 5.91 Å². The van der Waals surface area contributed by atoms with E-state index in [2.05, 4.69) is 5.10 Å². The lowest BCUT2D eigenvalue weighted by Gasteiger charge is -2.04.